The van der Waals surface area contributed by atoms with Gasteiger partial charge in [-0.05, 0) is 24.2 Å². The molecule has 1 saturated carbocycles. The molecule has 2 heterocycles. The standard InChI is InChI=1S/C22H34N/c1-15(2)18-9-8-10-19(16(3)4)20(18)23-14-21(6)11-12-22(23,7)13-17(21)5/h8-10,14-17H,11-13H2,1-7H3/q+1/t17-,21-,22+/m0/s1. The van der Waals surface area contributed by atoms with Gasteiger partial charge in [-0.15, -0.1) is 0 Å². The maximum absolute atomic E-state index is 2.70. The third kappa shape index (κ3) is 2.57. The van der Waals surface area contributed by atoms with Crippen LogP contribution in [0.3, 0.4) is 0 Å². The van der Waals surface area contributed by atoms with Crippen molar-refractivity contribution in [3.05, 3.63) is 29.3 Å². The van der Waals surface area contributed by atoms with Crippen molar-refractivity contribution in [3.63, 3.8) is 0 Å². The van der Waals surface area contributed by atoms with Gasteiger partial charge in [-0.25, -0.2) is 0 Å². The maximum Gasteiger partial charge on any atom is 0.212 e. The molecule has 3 aliphatic rings. The summed E-state index contributed by atoms with van der Waals surface area (Å²) < 4.78 is 2.70. The number of hydrogen-bond acceptors (Lipinski definition) is 0. The van der Waals surface area contributed by atoms with Crippen LogP contribution in [-0.4, -0.2) is 16.3 Å². The van der Waals surface area contributed by atoms with Crippen molar-refractivity contribution in [1.82, 2.24) is 0 Å². The molecule has 1 heteroatoms. The quantitative estimate of drug-likeness (QED) is 0.581. The zero-order valence-corrected chi connectivity index (χ0v) is 16.1. The Kier molecular flexibility index (Phi) is 3.98. The molecule has 23 heavy (non-hydrogen) atoms. The summed E-state index contributed by atoms with van der Waals surface area (Å²) in [6.07, 6.45) is 6.55. The number of benzene rings is 1. The fourth-order valence-corrected chi connectivity index (χ4v) is 4.77. The van der Waals surface area contributed by atoms with Crippen LogP contribution in [0.1, 0.15) is 90.7 Å². The highest BCUT2D eigenvalue weighted by Crippen LogP contribution is 2.52. The van der Waals surface area contributed by atoms with Gasteiger partial charge in [0.2, 0.25) is 5.69 Å². The van der Waals surface area contributed by atoms with Gasteiger partial charge in [-0.3, -0.25) is 0 Å². The monoisotopic (exact) mass is 312 g/mol. The van der Waals surface area contributed by atoms with E-state index in [2.05, 4.69) is 77.5 Å². The predicted molar refractivity (Wildman–Crippen MR) is 100 cm³/mol. The van der Waals surface area contributed by atoms with Gasteiger partial charge in [-0.1, -0.05) is 59.7 Å². The van der Waals surface area contributed by atoms with Crippen molar-refractivity contribution >= 4 is 11.9 Å². The number of hydrogen-bond donors (Lipinski definition) is 0. The first-order chi connectivity index (χ1) is 10.7. The third-order valence-electron chi connectivity index (χ3n) is 6.66. The van der Waals surface area contributed by atoms with Crippen LogP contribution in [-0.2, 0) is 0 Å². The first-order valence-electron chi connectivity index (χ1n) is 9.46. The average molecular weight is 313 g/mol. The van der Waals surface area contributed by atoms with Gasteiger partial charge >= 0.3 is 0 Å². The minimum Gasteiger partial charge on any atom is -0.197 e. The van der Waals surface area contributed by atoms with Gasteiger partial charge in [0.25, 0.3) is 0 Å². The van der Waals surface area contributed by atoms with E-state index in [4.69, 9.17) is 0 Å². The summed E-state index contributed by atoms with van der Waals surface area (Å²) in [6, 6.07) is 6.94. The highest BCUT2D eigenvalue weighted by Gasteiger charge is 2.55. The summed E-state index contributed by atoms with van der Waals surface area (Å²) in [4.78, 5) is 0. The van der Waals surface area contributed by atoms with Crippen molar-refractivity contribution in [2.24, 2.45) is 11.3 Å². The van der Waals surface area contributed by atoms with Gasteiger partial charge in [0.15, 0.2) is 11.8 Å². The summed E-state index contributed by atoms with van der Waals surface area (Å²) in [6.45, 7) is 16.7. The van der Waals surface area contributed by atoms with E-state index >= 15 is 0 Å². The van der Waals surface area contributed by atoms with Crippen LogP contribution in [0.2, 0.25) is 0 Å². The van der Waals surface area contributed by atoms with E-state index in [1.165, 1.54) is 36.1 Å². The third-order valence-corrected chi connectivity index (χ3v) is 6.66. The number of para-hydroxylation sites is 1. The molecule has 0 unspecified atom stereocenters. The predicted octanol–water partition coefficient (Wildman–Crippen LogP) is 6.25. The van der Waals surface area contributed by atoms with Crippen molar-refractivity contribution < 1.29 is 4.58 Å². The van der Waals surface area contributed by atoms with Gasteiger partial charge in [0, 0.05) is 36.3 Å². The van der Waals surface area contributed by atoms with E-state index in [0.29, 0.717) is 17.3 Å². The van der Waals surface area contributed by atoms with Crippen molar-refractivity contribution in [3.8, 4) is 0 Å². The fraction of sp³-hybridized carbons (Fsp3) is 0.682. The average Bonchev–Trinajstić information content (AvgIpc) is 2.48. The van der Waals surface area contributed by atoms with E-state index < -0.39 is 0 Å². The number of fused-ring (bicyclic) bond motifs is 2. The van der Waals surface area contributed by atoms with Crippen LogP contribution < -0.4 is 0 Å². The van der Waals surface area contributed by atoms with E-state index in [1.807, 2.05) is 0 Å². The van der Waals surface area contributed by atoms with Crippen LogP contribution in [0.4, 0.5) is 5.69 Å². The van der Waals surface area contributed by atoms with Gasteiger partial charge in [0.05, 0.1) is 0 Å². The van der Waals surface area contributed by atoms with Crippen LogP contribution in [0, 0.1) is 11.3 Å². The van der Waals surface area contributed by atoms with E-state index in [1.54, 1.807) is 0 Å². The molecule has 4 rings (SSSR count). The molecule has 2 bridgehead atoms. The summed E-state index contributed by atoms with van der Waals surface area (Å²) in [7, 11) is 0. The lowest BCUT2D eigenvalue weighted by molar-refractivity contribution is -0.552. The van der Waals surface area contributed by atoms with Gasteiger partial charge in [0.1, 0.15) is 0 Å². The summed E-state index contributed by atoms with van der Waals surface area (Å²) >= 11 is 0. The molecule has 1 fully saturated rings. The summed E-state index contributed by atoms with van der Waals surface area (Å²) in [5.41, 5.74) is 5.18. The van der Waals surface area contributed by atoms with Crippen LogP contribution in [0.25, 0.3) is 0 Å². The molecule has 0 spiro atoms. The Morgan fingerprint density at radius 1 is 1.00 bits per heavy atom. The van der Waals surface area contributed by atoms with Crippen molar-refractivity contribution in [1.29, 1.82) is 0 Å². The SMILES string of the molecule is CC(C)c1cccc(C(C)C)c1[N+]1=C[C@]2(C)CC[C@]1(C)C[C@@H]2C. The molecular formula is C22H34N+. The molecule has 0 amide bonds. The highest BCUT2D eigenvalue weighted by molar-refractivity contribution is 5.66. The van der Waals surface area contributed by atoms with E-state index in [0.717, 1.165) is 5.92 Å². The Labute approximate surface area is 142 Å². The Balaban J connectivity index is 2.26. The largest absolute Gasteiger partial charge is 0.212 e. The second kappa shape index (κ2) is 5.46. The molecule has 0 aromatic heterocycles. The lowest BCUT2D eigenvalue weighted by Gasteiger charge is -2.48. The lowest BCUT2D eigenvalue weighted by atomic mass is 9.60. The van der Waals surface area contributed by atoms with Crippen LogP contribution >= 0.6 is 0 Å². The fourth-order valence-electron chi connectivity index (χ4n) is 4.77. The van der Waals surface area contributed by atoms with E-state index in [9.17, 15) is 0 Å². The molecule has 3 atom stereocenters. The second-order valence-corrected chi connectivity index (χ2v) is 9.20. The number of nitrogens with zero attached hydrogens (tertiary/aromatic N) is 1. The normalized spacial score (nSPS) is 33.4. The topological polar surface area (TPSA) is 3.01 Å². The Hall–Kier alpha value is -1.11. The minimum atomic E-state index is 0.284. The van der Waals surface area contributed by atoms with E-state index in [-0.39, 0.29) is 5.54 Å². The van der Waals surface area contributed by atoms with Crippen molar-refractivity contribution in [2.45, 2.75) is 85.1 Å². The molecule has 0 radical (unpaired) electrons. The number of rotatable bonds is 3. The second-order valence-electron chi connectivity index (χ2n) is 9.20. The van der Waals surface area contributed by atoms with Crippen LogP contribution in [0.15, 0.2) is 18.2 Å². The molecule has 1 nitrogen and oxygen atoms in total. The molecule has 1 aliphatic carbocycles. The Morgan fingerprint density at radius 2 is 1.57 bits per heavy atom. The Bertz CT molecular complexity index is 613. The lowest BCUT2D eigenvalue weighted by Crippen LogP contribution is -2.55. The molecule has 0 saturated heterocycles. The molecule has 1 aromatic rings. The van der Waals surface area contributed by atoms with Gasteiger partial charge in [-0.2, -0.15) is 4.58 Å². The summed E-state index contributed by atoms with van der Waals surface area (Å²) in [5, 5.41) is 0. The highest BCUT2D eigenvalue weighted by atomic mass is 15.1. The first-order valence-corrected chi connectivity index (χ1v) is 9.46. The first kappa shape index (κ1) is 16.7. The van der Waals surface area contributed by atoms with Gasteiger partial charge < -0.3 is 0 Å². The molecule has 2 aliphatic heterocycles. The smallest absolute Gasteiger partial charge is 0.197 e. The summed E-state index contributed by atoms with van der Waals surface area (Å²) in [5.74, 6) is 1.91. The molecule has 1 aromatic carbocycles. The van der Waals surface area contributed by atoms with Crippen molar-refractivity contribution in [2.75, 3.05) is 0 Å². The zero-order chi connectivity index (χ0) is 17.0. The van der Waals surface area contributed by atoms with Crippen LogP contribution in [0.5, 0.6) is 0 Å². The maximum atomic E-state index is 2.70. The minimum absolute atomic E-state index is 0.284. The Morgan fingerprint density at radius 3 is 2.04 bits per heavy atom. The molecular weight excluding hydrogens is 278 g/mol. The zero-order valence-electron chi connectivity index (χ0n) is 16.1. The molecule has 0 N–H and O–H groups in total. The molecule has 126 valence electrons.